The van der Waals surface area contributed by atoms with Crippen molar-refractivity contribution in [3.8, 4) is 17.2 Å². The molecule has 0 saturated carbocycles. The van der Waals surface area contributed by atoms with E-state index in [4.69, 9.17) is 4.74 Å². The first-order valence-electron chi connectivity index (χ1n) is 7.95. The van der Waals surface area contributed by atoms with E-state index in [0.717, 1.165) is 5.75 Å². The van der Waals surface area contributed by atoms with Crippen molar-refractivity contribution in [2.24, 2.45) is 0 Å². The molecule has 0 fully saturated rings. The van der Waals surface area contributed by atoms with Crippen LogP contribution < -0.4 is 4.74 Å². The normalized spacial score (nSPS) is 10.8. The van der Waals surface area contributed by atoms with Crippen molar-refractivity contribution in [1.29, 1.82) is 0 Å². The van der Waals surface area contributed by atoms with Crippen molar-refractivity contribution in [3.63, 3.8) is 0 Å². The Morgan fingerprint density at radius 3 is 1.67 bits per heavy atom. The van der Waals surface area contributed by atoms with Crippen LogP contribution in [0.5, 0.6) is 17.2 Å². The van der Waals surface area contributed by atoms with Gasteiger partial charge in [0.2, 0.25) is 0 Å². The fraction of sp³-hybridized carbons (Fsp3) is 0.143. The van der Waals surface area contributed by atoms with E-state index in [0.29, 0.717) is 11.7 Å². The highest BCUT2D eigenvalue weighted by atomic mass is 32.2. The maximum atomic E-state index is 9.29. The van der Waals surface area contributed by atoms with Crippen molar-refractivity contribution in [1.82, 2.24) is 0 Å². The molecule has 3 heteroatoms. The summed E-state index contributed by atoms with van der Waals surface area (Å²) in [5.74, 6) is 2.27. The summed E-state index contributed by atoms with van der Waals surface area (Å²) in [7, 11) is 0. The highest BCUT2D eigenvalue weighted by Crippen LogP contribution is 2.31. The van der Waals surface area contributed by atoms with Crippen molar-refractivity contribution in [2.75, 3.05) is 0 Å². The highest BCUT2D eigenvalue weighted by molar-refractivity contribution is 7.99. The quantitative estimate of drug-likeness (QED) is 0.580. The van der Waals surface area contributed by atoms with Crippen LogP contribution in [0.2, 0.25) is 0 Å². The molecular formula is C21H20O2S. The molecule has 3 rings (SSSR count). The zero-order valence-corrected chi connectivity index (χ0v) is 14.6. The van der Waals surface area contributed by atoms with Gasteiger partial charge in [0.05, 0.1) is 0 Å². The lowest BCUT2D eigenvalue weighted by molar-refractivity contribution is 0.464. The predicted molar refractivity (Wildman–Crippen MR) is 99.3 cm³/mol. The monoisotopic (exact) mass is 336 g/mol. The second-order valence-electron chi connectivity index (χ2n) is 5.89. The molecule has 0 radical (unpaired) electrons. The van der Waals surface area contributed by atoms with Gasteiger partial charge in [-0.2, -0.15) is 0 Å². The van der Waals surface area contributed by atoms with Crippen LogP contribution in [-0.4, -0.2) is 5.11 Å². The topological polar surface area (TPSA) is 29.5 Å². The largest absolute Gasteiger partial charge is 0.508 e. The van der Waals surface area contributed by atoms with E-state index in [1.807, 2.05) is 12.1 Å². The molecule has 0 saturated heterocycles. The second-order valence-corrected chi connectivity index (χ2v) is 7.04. The Morgan fingerprint density at radius 2 is 1.17 bits per heavy atom. The van der Waals surface area contributed by atoms with Gasteiger partial charge in [-0.25, -0.2) is 0 Å². The average molecular weight is 336 g/mol. The molecule has 0 heterocycles. The van der Waals surface area contributed by atoms with E-state index in [9.17, 15) is 5.11 Å². The lowest BCUT2D eigenvalue weighted by Crippen LogP contribution is -1.86. The molecule has 0 aromatic heterocycles. The Hall–Kier alpha value is -2.39. The molecule has 0 unspecified atom stereocenters. The third-order valence-electron chi connectivity index (χ3n) is 3.68. The van der Waals surface area contributed by atoms with Gasteiger partial charge in [0.15, 0.2) is 0 Å². The van der Waals surface area contributed by atoms with Crippen LogP contribution in [0.1, 0.15) is 25.3 Å². The van der Waals surface area contributed by atoms with Crippen molar-refractivity contribution in [2.45, 2.75) is 29.6 Å². The van der Waals surface area contributed by atoms with Crippen molar-refractivity contribution in [3.05, 3.63) is 78.4 Å². The number of rotatable bonds is 5. The van der Waals surface area contributed by atoms with Crippen molar-refractivity contribution < 1.29 is 9.84 Å². The first-order chi connectivity index (χ1) is 11.6. The summed E-state index contributed by atoms with van der Waals surface area (Å²) in [6.07, 6.45) is 0. The van der Waals surface area contributed by atoms with E-state index < -0.39 is 0 Å². The molecule has 0 aliphatic heterocycles. The summed E-state index contributed by atoms with van der Waals surface area (Å²) in [4.78, 5) is 2.40. The van der Waals surface area contributed by atoms with Gasteiger partial charge in [0.1, 0.15) is 17.2 Å². The van der Waals surface area contributed by atoms with E-state index in [-0.39, 0.29) is 5.75 Å². The molecule has 0 spiro atoms. The summed E-state index contributed by atoms with van der Waals surface area (Å²) in [5, 5.41) is 9.29. The van der Waals surface area contributed by atoms with Gasteiger partial charge in [-0.05, 0) is 72.1 Å². The fourth-order valence-corrected chi connectivity index (χ4v) is 3.10. The minimum Gasteiger partial charge on any atom is -0.508 e. The first-order valence-corrected chi connectivity index (χ1v) is 8.76. The van der Waals surface area contributed by atoms with Gasteiger partial charge in [-0.1, -0.05) is 37.7 Å². The minimum atomic E-state index is 0.234. The smallest absolute Gasteiger partial charge is 0.127 e. The summed E-state index contributed by atoms with van der Waals surface area (Å²) in [6, 6.07) is 23.4. The maximum Gasteiger partial charge on any atom is 0.127 e. The molecule has 0 aliphatic carbocycles. The standard InChI is InChI=1S/C21H20O2S/c1-15(2)16-3-11-20(12-4-16)24-21-13-9-19(10-14-21)23-18-7-5-17(22)6-8-18/h3-15,22H,1-2H3. The zero-order valence-electron chi connectivity index (χ0n) is 13.8. The van der Waals surface area contributed by atoms with Crippen LogP contribution >= 0.6 is 11.8 Å². The summed E-state index contributed by atoms with van der Waals surface area (Å²) < 4.78 is 5.76. The van der Waals surface area contributed by atoms with E-state index >= 15 is 0 Å². The SMILES string of the molecule is CC(C)c1ccc(Sc2ccc(Oc3ccc(O)cc3)cc2)cc1. The van der Waals surface area contributed by atoms with Gasteiger partial charge in [-0.3, -0.25) is 0 Å². The van der Waals surface area contributed by atoms with Crippen LogP contribution in [-0.2, 0) is 0 Å². The van der Waals surface area contributed by atoms with Crippen molar-refractivity contribution >= 4 is 11.8 Å². The molecule has 3 aromatic rings. The van der Waals surface area contributed by atoms with Gasteiger partial charge in [0, 0.05) is 9.79 Å². The van der Waals surface area contributed by atoms with Crippen LogP contribution in [0, 0.1) is 0 Å². The maximum absolute atomic E-state index is 9.29. The molecule has 1 N–H and O–H groups in total. The van der Waals surface area contributed by atoms with E-state index in [1.54, 1.807) is 36.0 Å². The number of benzene rings is 3. The number of hydrogen-bond acceptors (Lipinski definition) is 3. The molecule has 122 valence electrons. The third-order valence-corrected chi connectivity index (χ3v) is 4.69. The third kappa shape index (κ3) is 4.33. The molecule has 0 amide bonds. The van der Waals surface area contributed by atoms with Crippen LogP contribution in [0.25, 0.3) is 0 Å². The number of phenolic OH excluding ortho intramolecular Hbond substituents is 1. The molecule has 0 aliphatic rings. The summed E-state index contributed by atoms with van der Waals surface area (Å²) in [5.41, 5.74) is 1.36. The summed E-state index contributed by atoms with van der Waals surface area (Å²) >= 11 is 1.74. The Morgan fingerprint density at radius 1 is 0.708 bits per heavy atom. The van der Waals surface area contributed by atoms with Gasteiger partial charge < -0.3 is 9.84 Å². The van der Waals surface area contributed by atoms with Gasteiger partial charge in [-0.15, -0.1) is 0 Å². The Balaban J connectivity index is 1.64. The number of aromatic hydroxyl groups is 1. The molecule has 0 atom stereocenters. The lowest BCUT2D eigenvalue weighted by Gasteiger charge is -2.08. The molecular weight excluding hydrogens is 316 g/mol. The van der Waals surface area contributed by atoms with Gasteiger partial charge >= 0.3 is 0 Å². The lowest BCUT2D eigenvalue weighted by atomic mass is 10.0. The number of ether oxygens (including phenoxy) is 1. The van der Waals surface area contributed by atoms with Crippen LogP contribution in [0.4, 0.5) is 0 Å². The summed E-state index contributed by atoms with van der Waals surface area (Å²) in [6.45, 7) is 4.41. The highest BCUT2D eigenvalue weighted by Gasteiger charge is 2.02. The van der Waals surface area contributed by atoms with E-state index in [1.165, 1.54) is 15.4 Å². The van der Waals surface area contributed by atoms with Crippen LogP contribution in [0.3, 0.4) is 0 Å². The molecule has 2 nitrogen and oxygen atoms in total. The fourth-order valence-electron chi connectivity index (χ4n) is 2.28. The predicted octanol–water partition coefficient (Wildman–Crippen LogP) is 6.46. The van der Waals surface area contributed by atoms with Gasteiger partial charge in [0.25, 0.3) is 0 Å². The molecule has 0 bridgehead atoms. The number of hydrogen-bond donors (Lipinski definition) is 1. The minimum absolute atomic E-state index is 0.234. The first kappa shape index (κ1) is 16.5. The Labute approximate surface area is 147 Å². The zero-order chi connectivity index (χ0) is 16.9. The molecule has 24 heavy (non-hydrogen) atoms. The van der Waals surface area contributed by atoms with Crippen LogP contribution in [0.15, 0.2) is 82.6 Å². The second kappa shape index (κ2) is 7.45. The average Bonchev–Trinajstić information content (AvgIpc) is 2.59. The Bertz CT molecular complexity index is 776. The number of phenols is 1. The molecule has 3 aromatic carbocycles. The van der Waals surface area contributed by atoms with E-state index in [2.05, 4.69) is 50.2 Å². The Kier molecular flexibility index (Phi) is 5.11.